The second-order valence-electron chi connectivity index (χ2n) is 9.21. The van der Waals surface area contributed by atoms with Gasteiger partial charge in [-0.2, -0.15) is 4.98 Å². The highest BCUT2D eigenvalue weighted by Crippen LogP contribution is 2.43. The summed E-state index contributed by atoms with van der Waals surface area (Å²) in [4.78, 5) is 18.6. The Morgan fingerprint density at radius 3 is 2.45 bits per heavy atom. The van der Waals surface area contributed by atoms with Gasteiger partial charge in [-0.15, -0.1) is 5.10 Å². The number of ether oxygens (including phenoxy) is 3. The van der Waals surface area contributed by atoms with Crippen LogP contribution in [0.5, 0.6) is 17.2 Å². The maximum absolute atomic E-state index is 13.9. The number of hydrogen-bond donors (Lipinski definition) is 2. The molecule has 0 radical (unpaired) electrons. The third-order valence-electron chi connectivity index (χ3n) is 6.77. The van der Waals surface area contributed by atoms with E-state index in [0.29, 0.717) is 45.3 Å². The molecule has 1 amide bonds. The van der Waals surface area contributed by atoms with Crippen LogP contribution in [0.1, 0.15) is 29.7 Å². The molecule has 2 N–H and O–H groups in total. The van der Waals surface area contributed by atoms with E-state index < -0.39 is 6.04 Å². The maximum atomic E-state index is 13.9. The largest absolute Gasteiger partial charge is 0.497 e. The molecule has 4 aromatic rings. The molecule has 2 heterocycles. The molecule has 0 saturated heterocycles. The summed E-state index contributed by atoms with van der Waals surface area (Å²) in [5.74, 6) is 2.77. The van der Waals surface area contributed by atoms with Gasteiger partial charge < -0.3 is 24.8 Å². The zero-order valence-corrected chi connectivity index (χ0v) is 23.8. The van der Waals surface area contributed by atoms with Crippen molar-refractivity contribution in [2.45, 2.75) is 30.8 Å². The molecule has 0 aliphatic carbocycles. The number of rotatable bonds is 9. The molecule has 40 heavy (non-hydrogen) atoms. The fraction of sp³-hybridized carbons (Fsp3) is 0.233. The summed E-state index contributed by atoms with van der Waals surface area (Å²) in [6.45, 7) is 3.95. The Morgan fingerprint density at radius 2 is 1.75 bits per heavy atom. The van der Waals surface area contributed by atoms with Crippen LogP contribution in [0, 0.1) is 6.92 Å². The number of hydrogen-bond acceptors (Lipinski definition) is 8. The quantitative estimate of drug-likeness (QED) is 0.248. The topological polar surface area (TPSA) is 99.5 Å². The van der Waals surface area contributed by atoms with E-state index in [4.69, 9.17) is 24.3 Å². The molecule has 0 unspecified atom stereocenters. The lowest BCUT2D eigenvalue weighted by Crippen LogP contribution is -2.31. The first-order valence-corrected chi connectivity index (χ1v) is 13.7. The predicted octanol–water partition coefficient (Wildman–Crippen LogP) is 5.83. The van der Waals surface area contributed by atoms with Gasteiger partial charge in [0.25, 0.3) is 5.91 Å². The molecule has 1 aliphatic rings. The summed E-state index contributed by atoms with van der Waals surface area (Å²) < 4.78 is 18.4. The first kappa shape index (κ1) is 27.1. The Hall–Kier alpha value is -4.44. The van der Waals surface area contributed by atoms with Crippen LogP contribution in [0.3, 0.4) is 0 Å². The molecule has 1 aromatic heterocycles. The van der Waals surface area contributed by atoms with E-state index in [1.165, 1.54) is 11.1 Å². The highest BCUT2D eigenvalue weighted by atomic mass is 32.2. The van der Waals surface area contributed by atoms with Crippen molar-refractivity contribution in [3.63, 3.8) is 0 Å². The number of allylic oxidation sites excluding steroid dienone is 1. The van der Waals surface area contributed by atoms with Gasteiger partial charge in [-0.05, 0) is 55.3 Å². The molecule has 0 saturated carbocycles. The van der Waals surface area contributed by atoms with Crippen molar-refractivity contribution in [1.82, 2.24) is 14.8 Å². The molecule has 1 atom stereocenters. The number of thioether (sulfide) groups is 1. The van der Waals surface area contributed by atoms with Crippen LogP contribution < -0.4 is 24.8 Å². The number of para-hydroxylation sites is 1. The summed E-state index contributed by atoms with van der Waals surface area (Å²) in [6, 6.07) is 20.4. The van der Waals surface area contributed by atoms with Crippen LogP contribution in [0.25, 0.3) is 0 Å². The molecular formula is C30H31N5O4S. The molecule has 3 aromatic carbocycles. The third kappa shape index (κ3) is 5.35. The van der Waals surface area contributed by atoms with Crippen molar-refractivity contribution >= 4 is 29.3 Å². The van der Waals surface area contributed by atoms with Crippen molar-refractivity contribution in [1.29, 1.82) is 0 Å². The normalized spacial score (nSPS) is 14.3. The fourth-order valence-corrected chi connectivity index (χ4v) is 5.59. The Kier molecular flexibility index (Phi) is 7.97. The van der Waals surface area contributed by atoms with Crippen molar-refractivity contribution in [3.8, 4) is 17.2 Å². The number of aryl methyl sites for hydroxylation is 1. The first-order chi connectivity index (χ1) is 19.4. The van der Waals surface area contributed by atoms with Crippen LogP contribution in [0.4, 0.5) is 11.6 Å². The van der Waals surface area contributed by atoms with Crippen LogP contribution in [-0.4, -0.2) is 42.0 Å². The van der Waals surface area contributed by atoms with E-state index in [-0.39, 0.29) is 5.91 Å². The number of amides is 1. The number of methoxy groups -OCH3 is 3. The molecule has 206 valence electrons. The van der Waals surface area contributed by atoms with Gasteiger partial charge in [0.2, 0.25) is 11.1 Å². The highest BCUT2D eigenvalue weighted by Gasteiger charge is 2.36. The van der Waals surface area contributed by atoms with Gasteiger partial charge in [-0.3, -0.25) is 4.79 Å². The smallest absolute Gasteiger partial charge is 0.255 e. The number of carbonyl (C=O) groups excluding carboxylic acids is 1. The van der Waals surface area contributed by atoms with E-state index in [1.54, 1.807) is 62.0 Å². The average Bonchev–Trinajstić information content (AvgIpc) is 3.38. The maximum Gasteiger partial charge on any atom is 0.255 e. The Labute approximate surface area is 237 Å². The number of carbonyl (C=O) groups is 1. The first-order valence-electron chi connectivity index (χ1n) is 12.7. The van der Waals surface area contributed by atoms with Crippen LogP contribution in [0.2, 0.25) is 0 Å². The zero-order chi connectivity index (χ0) is 28.2. The van der Waals surface area contributed by atoms with E-state index >= 15 is 0 Å². The fourth-order valence-electron chi connectivity index (χ4n) is 4.69. The van der Waals surface area contributed by atoms with E-state index in [1.807, 2.05) is 37.3 Å². The third-order valence-corrected chi connectivity index (χ3v) is 7.66. The molecule has 10 heteroatoms. The Bertz CT molecular complexity index is 1560. The average molecular weight is 558 g/mol. The van der Waals surface area contributed by atoms with Gasteiger partial charge in [-0.25, -0.2) is 4.68 Å². The zero-order valence-electron chi connectivity index (χ0n) is 23.0. The van der Waals surface area contributed by atoms with Gasteiger partial charge in [-0.1, -0.05) is 48.2 Å². The van der Waals surface area contributed by atoms with Gasteiger partial charge in [0.15, 0.2) is 11.5 Å². The summed E-state index contributed by atoms with van der Waals surface area (Å²) in [5, 5.41) is 11.8. The number of benzene rings is 3. The number of anilines is 2. The molecule has 0 bridgehead atoms. The molecule has 1 aliphatic heterocycles. The predicted molar refractivity (Wildman–Crippen MR) is 156 cm³/mol. The number of nitrogens with zero attached hydrogens (tertiary/aromatic N) is 3. The van der Waals surface area contributed by atoms with Crippen LogP contribution in [0.15, 0.2) is 83.2 Å². The summed E-state index contributed by atoms with van der Waals surface area (Å²) >= 11 is 1.54. The number of nitrogens with one attached hydrogen (secondary N) is 2. The van der Waals surface area contributed by atoms with Crippen molar-refractivity contribution in [2.24, 2.45) is 0 Å². The summed E-state index contributed by atoms with van der Waals surface area (Å²) in [5.41, 5.74) is 4.94. The minimum atomic E-state index is -0.625. The lowest BCUT2D eigenvalue weighted by atomic mass is 9.94. The minimum absolute atomic E-state index is 0.277. The number of fused-ring (bicyclic) bond motifs is 1. The second kappa shape index (κ2) is 11.7. The van der Waals surface area contributed by atoms with Gasteiger partial charge in [0.1, 0.15) is 11.8 Å². The van der Waals surface area contributed by atoms with Gasteiger partial charge in [0.05, 0.1) is 26.9 Å². The number of aromatic nitrogens is 3. The van der Waals surface area contributed by atoms with Crippen LogP contribution >= 0.6 is 11.8 Å². The monoisotopic (exact) mass is 557 g/mol. The SMILES string of the molecule is COc1ccc(NC(=O)C2=C(C)Nc3nc(SCc4ccccc4C)nn3[C@@H]2c2cccc(OC)c2OC)cc1. The van der Waals surface area contributed by atoms with Crippen molar-refractivity contribution in [3.05, 3.63) is 94.7 Å². The summed E-state index contributed by atoms with van der Waals surface area (Å²) in [7, 11) is 4.77. The van der Waals surface area contributed by atoms with Crippen molar-refractivity contribution in [2.75, 3.05) is 32.0 Å². The van der Waals surface area contributed by atoms with Gasteiger partial charge >= 0.3 is 0 Å². The second-order valence-corrected chi connectivity index (χ2v) is 10.2. The lowest BCUT2D eigenvalue weighted by molar-refractivity contribution is -0.113. The van der Waals surface area contributed by atoms with Crippen LogP contribution in [-0.2, 0) is 10.5 Å². The molecule has 5 rings (SSSR count). The molecule has 9 nitrogen and oxygen atoms in total. The molecule has 0 fully saturated rings. The van der Waals surface area contributed by atoms with E-state index in [9.17, 15) is 4.79 Å². The van der Waals surface area contributed by atoms with Crippen molar-refractivity contribution < 1.29 is 19.0 Å². The highest BCUT2D eigenvalue weighted by molar-refractivity contribution is 7.98. The van der Waals surface area contributed by atoms with E-state index in [0.717, 1.165) is 11.3 Å². The molecular weight excluding hydrogens is 526 g/mol. The summed E-state index contributed by atoms with van der Waals surface area (Å²) in [6.07, 6.45) is 0. The molecule has 0 spiro atoms. The minimum Gasteiger partial charge on any atom is -0.497 e. The lowest BCUT2D eigenvalue weighted by Gasteiger charge is -2.29. The standard InChI is InChI=1S/C30H31N5O4S/c1-18-9-6-7-10-20(18)17-40-30-33-29-31-19(2)25(28(36)32-21-13-15-22(37-3)16-14-21)26(35(29)34-30)23-11-8-12-24(38-4)27(23)39-5/h6-16,26H,17H2,1-5H3,(H,32,36)(H,31,33,34)/t26-/m1/s1. The van der Waals surface area contributed by atoms with E-state index in [2.05, 4.69) is 29.7 Å². The Morgan fingerprint density at radius 1 is 0.975 bits per heavy atom. The van der Waals surface area contributed by atoms with Gasteiger partial charge in [0, 0.05) is 22.7 Å². The Balaban J connectivity index is 1.55.